The molecule has 1 amide bonds. The van der Waals surface area contributed by atoms with Gasteiger partial charge in [-0.05, 0) is 33.2 Å². The third-order valence-corrected chi connectivity index (χ3v) is 3.41. The van der Waals surface area contributed by atoms with Crippen molar-refractivity contribution in [3.63, 3.8) is 0 Å². The molecule has 1 saturated heterocycles. The normalized spacial score (nSPS) is 22.9. The van der Waals surface area contributed by atoms with Crippen LogP contribution in [0.1, 0.15) is 25.5 Å². The van der Waals surface area contributed by atoms with Crippen molar-refractivity contribution in [2.45, 2.75) is 26.7 Å². The molecular weight excluding hydrogens is 244 g/mol. The molecular formula is C13H20N4O2. The number of anilines is 1. The highest BCUT2D eigenvalue weighted by Gasteiger charge is 2.35. The van der Waals surface area contributed by atoms with Crippen LogP contribution in [0, 0.1) is 12.3 Å². The number of aryl methyl sites for hydroxylation is 1. The Labute approximate surface area is 113 Å². The molecule has 0 aliphatic carbocycles. The van der Waals surface area contributed by atoms with E-state index in [0.29, 0.717) is 18.4 Å². The minimum Gasteiger partial charge on any atom is -0.481 e. The van der Waals surface area contributed by atoms with Gasteiger partial charge in [0.05, 0.1) is 12.5 Å². The zero-order valence-electron chi connectivity index (χ0n) is 11.6. The van der Waals surface area contributed by atoms with E-state index < -0.39 is 5.41 Å². The lowest BCUT2D eigenvalue weighted by atomic mass is 9.82. The standard InChI is InChI=1S/C13H20N4O2/c1-9-7-10(19-3)16-12(15-9)17-11(18)13(2)5-4-6-14-8-13/h7,14H,4-6,8H2,1-3H3,(H,15,16,17,18). The van der Waals surface area contributed by atoms with Crippen molar-refractivity contribution >= 4 is 11.9 Å². The minimum absolute atomic E-state index is 0.0487. The number of aromatic nitrogens is 2. The first-order valence-electron chi connectivity index (χ1n) is 6.45. The maximum absolute atomic E-state index is 12.3. The summed E-state index contributed by atoms with van der Waals surface area (Å²) in [6, 6.07) is 1.72. The molecule has 1 unspecified atom stereocenters. The second-order valence-corrected chi connectivity index (χ2v) is 5.17. The summed E-state index contributed by atoms with van der Waals surface area (Å²) < 4.78 is 5.07. The topological polar surface area (TPSA) is 76.1 Å². The van der Waals surface area contributed by atoms with Crippen molar-refractivity contribution in [1.29, 1.82) is 0 Å². The summed E-state index contributed by atoms with van der Waals surface area (Å²) in [5.74, 6) is 0.704. The van der Waals surface area contributed by atoms with Gasteiger partial charge in [0.1, 0.15) is 0 Å². The smallest absolute Gasteiger partial charge is 0.233 e. The van der Waals surface area contributed by atoms with Gasteiger partial charge in [0.15, 0.2) is 0 Å². The molecule has 2 heterocycles. The molecule has 6 heteroatoms. The molecule has 1 fully saturated rings. The van der Waals surface area contributed by atoms with Crippen LogP contribution in [-0.4, -0.2) is 36.1 Å². The van der Waals surface area contributed by atoms with E-state index in [1.165, 1.54) is 0 Å². The number of hydrogen-bond acceptors (Lipinski definition) is 5. The van der Waals surface area contributed by atoms with Crippen molar-refractivity contribution in [2.75, 3.05) is 25.5 Å². The lowest BCUT2D eigenvalue weighted by Crippen LogP contribution is -2.46. The first kappa shape index (κ1) is 13.7. The van der Waals surface area contributed by atoms with Crippen LogP contribution >= 0.6 is 0 Å². The van der Waals surface area contributed by atoms with Gasteiger partial charge in [-0.15, -0.1) is 0 Å². The molecule has 2 N–H and O–H groups in total. The van der Waals surface area contributed by atoms with Gasteiger partial charge in [0, 0.05) is 18.3 Å². The third-order valence-electron chi connectivity index (χ3n) is 3.41. The number of methoxy groups -OCH3 is 1. The average Bonchev–Trinajstić information content (AvgIpc) is 2.38. The van der Waals surface area contributed by atoms with Crippen LogP contribution in [0.3, 0.4) is 0 Å². The van der Waals surface area contributed by atoms with Gasteiger partial charge in [-0.3, -0.25) is 10.1 Å². The maximum atomic E-state index is 12.3. The van der Waals surface area contributed by atoms with Crippen LogP contribution in [-0.2, 0) is 4.79 Å². The van der Waals surface area contributed by atoms with E-state index in [1.54, 1.807) is 13.2 Å². The van der Waals surface area contributed by atoms with E-state index in [2.05, 4.69) is 20.6 Å². The van der Waals surface area contributed by atoms with Gasteiger partial charge < -0.3 is 10.1 Å². The van der Waals surface area contributed by atoms with E-state index in [-0.39, 0.29) is 5.91 Å². The van der Waals surface area contributed by atoms with E-state index in [4.69, 9.17) is 4.74 Å². The molecule has 2 rings (SSSR count). The summed E-state index contributed by atoms with van der Waals surface area (Å²) >= 11 is 0. The molecule has 0 radical (unpaired) electrons. The second-order valence-electron chi connectivity index (χ2n) is 5.17. The number of carbonyl (C=O) groups is 1. The number of rotatable bonds is 3. The number of ether oxygens (including phenoxy) is 1. The van der Waals surface area contributed by atoms with Crippen molar-refractivity contribution < 1.29 is 9.53 Å². The van der Waals surface area contributed by atoms with Crippen LogP contribution in [0.2, 0.25) is 0 Å². The summed E-state index contributed by atoms with van der Waals surface area (Å²) in [5, 5.41) is 6.04. The number of hydrogen-bond donors (Lipinski definition) is 2. The summed E-state index contributed by atoms with van der Waals surface area (Å²) in [6.07, 6.45) is 1.87. The summed E-state index contributed by atoms with van der Waals surface area (Å²) in [5.41, 5.74) is 0.354. The molecule has 0 bridgehead atoms. The van der Waals surface area contributed by atoms with E-state index in [9.17, 15) is 4.79 Å². The number of nitrogens with one attached hydrogen (secondary N) is 2. The fourth-order valence-corrected chi connectivity index (χ4v) is 2.20. The van der Waals surface area contributed by atoms with Crippen molar-refractivity contribution in [2.24, 2.45) is 5.41 Å². The Hall–Kier alpha value is -1.69. The third kappa shape index (κ3) is 3.20. The van der Waals surface area contributed by atoms with Crippen molar-refractivity contribution in [3.05, 3.63) is 11.8 Å². The summed E-state index contributed by atoms with van der Waals surface area (Å²) in [4.78, 5) is 20.7. The minimum atomic E-state index is -0.404. The van der Waals surface area contributed by atoms with Gasteiger partial charge in [-0.1, -0.05) is 0 Å². The van der Waals surface area contributed by atoms with Crippen LogP contribution < -0.4 is 15.4 Å². The van der Waals surface area contributed by atoms with E-state index in [1.807, 2.05) is 13.8 Å². The first-order valence-corrected chi connectivity index (χ1v) is 6.45. The first-order chi connectivity index (χ1) is 9.03. The van der Waals surface area contributed by atoms with Gasteiger partial charge in [-0.2, -0.15) is 4.98 Å². The molecule has 0 aromatic carbocycles. The molecule has 1 aliphatic rings. The highest BCUT2D eigenvalue weighted by molar-refractivity contribution is 5.94. The van der Waals surface area contributed by atoms with Crippen LogP contribution in [0.4, 0.5) is 5.95 Å². The predicted molar refractivity (Wildman–Crippen MR) is 72.2 cm³/mol. The molecule has 6 nitrogen and oxygen atoms in total. The Balaban J connectivity index is 2.12. The Bertz CT molecular complexity index is 470. The molecule has 104 valence electrons. The largest absolute Gasteiger partial charge is 0.481 e. The zero-order chi connectivity index (χ0) is 13.9. The molecule has 19 heavy (non-hydrogen) atoms. The van der Waals surface area contributed by atoms with Gasteiger partial charge in [-0.25, -0.2) is 4.98 Å². The van der Waals surface area contributed by atoms with Crippen LogP contribution in [0.15, 0.2) is 6.07 Å². The quantitative estimate of drug-likeness (QED) is 0.855. The maximum Gasteiger partial charge on any atom is 0.233 e. The Morgan fingerprint density at radius 3 is 2.95 bits per heavy atom. The number of carbonyl (C=O) groups excluding carboxylic acids is 1. The second kappa shape index (κ2) is 5.52. The lowest BCUT2D eigenvalue weighted by Gasteiger charge is -2.32. The van der Waals surface area contributed by atoms with Gasteiger partial charge in [0.2, 0.25) is 17.7 Å². The number of piperidine rings is 1. The Morgan fingerprint density at radius 2 is 2.32 bits per heavy atom. The number of nitrogens with zero attached hydrogens (tertiary/aromatic N) is 2. The molecule has 1 aromatic rings. The van der Waals surface area contributed by atoms with Gasteiger partial charge in [0.25, 0.3) is 0 Å². The summed E-state index contributed by atoms with van der Waals surface area (Å²) in [6.45, 7) is 5.45. The predicted octanol–water partition coefficient (Wildman–Crippen LogP) is 1.12. The zero-order valence-corrected chi connectivity index (χ0v) is 11.6. The highest BCUT2D eigenvalue weighted by atomic mass is 16.5. The Morgan fingerprint density at radius 1 is 1.53 bits per heavy atom. The van der Waals surface area contributed by atoms with Crippen molar-refractivity contribution in [1.82, 2.24) is 15.3 Å². The van der Waals surface area contributed by atoms with Crippen LogP contribution in [0.5, 0.6) is 5.88 Å². The molecule has 1 atom stereocenters. The monoisotopic (exact) mass is 264 g/mol. The highest BCUT2D eigenvalue weighted by Crippen LogP contribution is 2.26. The molecule has 1 aliphatic heterocycles. The Kier molecular flexibility index (Phi) is 3.99. The van der Waals surface area contributed by atoms with Gasteiger partial charge >= 0.3 is 0 Å². The van der Waals surface area contributed by atoms with Crippen molar-refractivity contribution in [3.8, 4) is 5.88 Å². The lowest BCUT2D eigenvalue weighted by molar-refractivity contribution is -0.125. The van der Waals surface area contributed by atoms with E-state index >= 15 is 0 Å². The molecule has 1 aromatic heterocycles. The SMILES string of the molecule is COc1cc(C)nc(NC(=O)C2(C)CCCNC2)n1. The van der Waals surface area contributed by atoms with Crippen LogP contribution in [0.25, 0.3) is 0 Å². The summed E-state index contributed by atoms with van der Waals surface area (Å²) in [7, 11) is 1.54. The molecule has 0 saturated carbocycles. The molecule has 0 spiro atoms. The van der Waals surface area contributed by atoms with E-state index in [0.717, 1.165) is 25.1 Å². The fraction of sp³-hybridized carbons (Fsp3) is 0.615. The fourth-order valence-electron chi connectivity index (χ4n) is 2.20. The number of amides is 1. The average molecular weight is 264 g/mol.